The van der Waals surface area contributed by atoms with Crippen molar-refractivity contribution in [3.63, 3.8) is 0 Å². The highest BCUT2D eigenvalue weighted by Crippen LogP contribution is 2.61. The number of rotatable bonds is 5. The Morgan fingerprint density at radius 3 is 2.74 bits per heavy atom. The van der Waals surface area contributed by atoms with Crippen LogP contribution in [-0.4, -0.2) is 36.0 Å². The predicted molar refractivity (Wildman–Crippen MR) is 127 cm³/mol. The number of aliphatic carboxylic acids is 1. The SMILES string of the molecule is Cc1cc(Nc2nccc(C(F)(F)F)n2)cc(-c2cnc(C3(O)CC4C(Br)CC3C4C(=O)O)s2)c1. The molecule has 2 saturated carbocycles. The van der Waals surface area contributed by atoms with Crippen molar-refractivity contribution < 1.29 is 28.2 Å². The molecule has 2 bridgehead atoms. The molecule has 12 heteroatoms. The molecule has 2 aromatic heterocycles. The third-order valence-electron chi connectivity index (χ3n) is 6.72. The van der Waals surface area contributed by atoms with E-state index in [0.717, 1.165) is 28.3 Å². The van der Waals surface area contributed by atoms with Gasteiger partial charge in [0.1, 0.15) is 16.3 Å². The first-order chi connectivity index (χ1) is 16.5. The van der Waals surface area contributed by atoms with Gasteiger partial charge in [-0.15, -0.1) is 11.3 Å². The highest BCUT2D eigenvalue weighted by Gasteiger charge is 2.64. The summed E-state index contributed by atoms with van der Waals surface area (Å²) in [5.41, 5.74) is -0.250. The van der Waals surface area contributed by atoms with Crippen molar-refractivity contribution >= 4 is 44.9 Å². The number of aliphatic hydroxyl groups is 1. The smallest absolute Gasteiger partial charge is 0.433 e. The van der Waals surface area contributed by atoms with Crippen LogP contribution in [0.15, 0.2) is 36.7 Å². The Kier molecular flexibility index (Phi) is 5.88. The number of halogens is 4. The maximum absolute atomic E-state index is 13.0. The van der Waals surface area contributed by atoms with Crippen molar-refractivity contribution in [1.29, 1.82) is 0 Å². The second kappa shape index (κ2) is 8.52. The lowest BCUT2D eigenvalue weighted by Crippen LogP contribution is -2.35. The molecule has 7 nitrogen and oxygen atoms in total. The Morgan fingerprint density at radius 2 is 2.06 bits per heavy atom. The van der Waals surface area contributed by atoms with Crippen molar-refractivity contribution in [3.05, 3.63) is 52.9 Å². The van der Waals surface area contributed by atoms with Gasteiger partial charge in [-0.25, -0.2) is 15.0 Å². The van der Waals surface area contributed by atoms with Crippen LogP contribution in [0.1, 0.15) is 29.1 Å². The van der Waals surface area contributed by atoms with E-state index in [-0.39, 0.29) is 16.7 Å². The molecule has 0 aliphatic heterocycles. The summed E-state index contributed by atoms with van der Waals surface area (Å²) in [6.45, 7) is 1.85. The Hall–Kier alpha value is -2.57. The summed E-state index contributed by atoms with van der Waals surface area (Å²) in [6.07, 6.45) is -1.02. The summed E-state index contributed by atoms with van der Waals surface area (Å²) in [5.74, 6) is -2.31. The third kappa shape index (κ3) is 4.31. The van der Waals surface area contributed by atoms with Crippen LogP contribution in [0.5, 0.6) is 0 Å². The van der Waals surface area contributed by atoms with Gasteiger partial charge < -0.3 is 15.5 Å². The highest BCUT2D eigenvalue weighted by molar-refractivity contribution is 9.09. The minimum Gasteiger partial charge on any atom is -0.481 e. The maximum atomic E-state index is 13.0. The second-order valence-corrected chi connectivity index (χ2v) is 11.2. The molecule has 5 rings (SSSR count). The number of benzene rings is 1. The Morgan fingerprint density at radius 1 is 1.29 bits per heavy atom. The average molecular weight is 569 g/mol. The van der Waals surface area contributed by atoms with Gasteiger partial charge in [0.15, 0.2) is 0 Å². The van der Waals surface area contributed by atoms with E-state index in [1.54, 1.807) is 18.3 Å². The summed E-state index contributed by atoms with van der Waals surface area (Å²) in [4.78, 5) is 24.5. The highest BCUT2D eigenvalue weighted by atomic mass is 79.9. The summed E-state index contributed by atoms with van der Waals surface area (Å²) in [7, 11) is 0. The van der Waals surface area contributed by atoms with E-state index in [1.807, 2.05) is 13.0 Å². The molecule has 1 aromatic carbocycles. The fraction of sp³-hybridized carbons (Fsp3) is 0.391. The van der Waals surface area contributed by atoms with Gasteiger partial charge in [-0.1, -0.05) is 22.0 Å². The van der Waals surface area contributed by atoms with E-state index in [1.165, 1.54) is 11.3 Å². The third-order valence-corrected chi connectivity index (χ3v) is 8.99. The van der Waals surface area contributed by atoms with Crippen molar-refractivity contribution in [2.75, 3.05) is 5.32 Å². The van der Waals surface area contributed by atoms with E-state index < -0.39 is 35.3 Å². The van der Waals surface area contributed by atoms with Crippen LogP contribution < -0.4 is 5.32 Å². The molecule has 2 heterocycles. The van der Waals surface area contributed by atoms with Crippen LogP contribution in [0, 0.1) is 24.7 Å². The number of hydrogen-bond donors (Lipinski definition) is 3. The first kappa shape index (κ1) is 24.1. The van der Waals surface area contributed by atoms with Crippen LogP contribution in [0.3, 0.4) is 0 Å². The molecule has 5 unspecified atom stereocenters. The van der Waals surface area contributed by atoms with E-state index in [4.69, 9.17) is 0 Å². The molecule has 184 valence electrons. The summed E-state index contributed by atoms with van der Waals surface area (Å²) in [6, 6.07) is 6.20. The van der Waals surface area contributed by atoms with Crippen molar-refractivity contribution in [2.24, 2.45) is 17.8 Å². The van der Waals surface area contributed by atoms with Gasteiger partial charge in [0.2, 0.25) is 5.95 Å². The predicted octanol–water partition coefficient (Wildman–Crippen LogP) is 5.36. The standard InChI is InChI=1S/C23H20BrF3N4O3S/c1-10-4-11(6-12(5-10)30-21-28-3-2-17(31-21)23(25,26)27)16-9-29-20(35-16)22(34)8-13-15(24)7-14(22)18(13)19(32)33/h2-6,9,13-15,18,34H,7-8H2,1H3,(H,32,33)(H,28,30,31). The van der Waals surface area contributed by atoms with Gasteiger partial charge in [0.05, 0.1) is 10.8 Å². The Labute approximate surface area is 210 Å². The van der Waals surface area contributed by atoms with Crippen LogP contribution in [0.4, 0.5) is 24.8 Å². The summed E-state index contributed by atoms with van der Waals surface area (Å²) < 4.78 is 39.0. The number of alkyl halides is 4. The number of carbonyl (C=O) groups is 1. The number of hydrogen-bond acceptors (Lipinski definition) is 7. The van der Waals surface area contributed by atoms with E-state index in [9.17, 15) is 28.2 Å². The van der Waals surface area contributed by atoms with Gasteiger partial charge >= 0.3 is 12.1 Å². The lowest BCUT2D eigenvalue weighted by atomic mass is 9.84. The number of nitrogens with zero attached hydrogens (tertiary/aromatic N) is 3. The van der Waals surface area contributed by atoms with Crippen LogP contribution >= 0.6 is 27.3 Å². The lowest BCUT2D eigenvalue weighted by Gasteiger charge is -2.32. The number of carboxylic acids is 1. The molecule has 5 atom stereocenters. The van der Waals surface area contributed by atoms with Crippen molar-refractivity contribution in [2.45, 2.75) is 36.4 Å². The molecular formula is C23H20BrF3N4O3S. The molecule has 2 aliphatic carbocycles. The van der Waals surface area contributed by atoms with Gasteiger partial charge in [-0.05, 0) is 55.0 Å². The second-order valence-electron chi connectivity index (χ2n) is 9.02. The van der Waals surface area contributed by atoms with E-state index in [2.05, 4.69) is 36.2 Å². The Bertz CT molecular complexity index is 1300. The summed E-state index contributed by atoms with van der Waals surface area (Å²) in [5, 5.41) is 24.5. The number of carboxylic acid groups (broad SMARTS) is 1. The first-order valence-electron chi connectivity index (χ1n) is 10.8. The molecule has 3 N–H and O–H groups in total. The monoisotopic (exact) mass is 568 g/mol. The molecule has 0 amide bonds. The van der Waals surface area contributed by atoms with Gasteiger partial charge in [-0.3, -0.25) is 4.79 Å². The molecule has 3 aromatic rings. The van der Waals surface area contributed by atoms with Crippen molar-refractivity contribution in [1.82, 2.24) is 15.0 Å². The number of anilines is 2. The van der Waals surface area contributed by atoms with Crippen LogP contribution in [-0.2, 0) is 16.6 Å². The number of nitrogens with one attached hydrogen (secondary N) is 1. The number of fused-ring (bicyclic) bond motifs is 2. The van der Waals surface area contributed by atoms with Gasteiger partial charge in [0, 0.05) is 28.8 Å². The quantitative estimate of drug-likeness (QED) is 0.355. The fourth-order valence-electron chi connectivity index (χ4n) is 5.26. The van der Waals surface area contributed by atoms with E-state index >= 15 is 0 Å². The lowest BCUT2D eigenvalue weighted by molar-refractivity contribution is -0.145. The normalized spacial score (nSPS) is 27.8. The zero-order chi connectivity index (χ0) is 25.1. The first-order valence-corrected chi connectivity index (χ1v) is 12.5. The largest absolute Gasteiger partial charge is 0.481 e. The minimum atomic E-state index is -4.58. The van der Waals surface area contributed by atoms with Gasteiger partial charge in [-0.2, -0.15) is 13.2 Å². The molecular weight excluding hydrogens is 549 g/mol. The topological polar surface area (TPSA) is 108 Å². The summed E-state index contributed by atoms with van der Waals surface area (Å²) >= 11 is 4.85. The molecule has 2 fully saturated rings. The zero-order valence-electron chi connectivity index (χ0n) is 18.3. The molecule has 0 spiro atoms. The molecule has 35 heavy (non-hydrogen) atoms. The number of aromatic nitrogens is 3. The molecule has 0 radical (unpaired) electrons. The number of thiazole rings is 1. The number of aryl methyl sites for hydroxylation is 1. The van der Waals surface area contributed by atoms with Crippen LogP contribution in [0.25, 0.3) is 10.4 Å². The average Bonchev–Trinajstić information content (AvgIpc) is 3.46. The molecule has 2 aliphatic rings. The van der Waals surface area contributed by atoms with Gasteiger partial charge in [0.25, 0.3) is 0 Å². The molecule has 0 saturated heterocycles. The Balaban J connectivity index is 1.42. The zero-order valence-corrected chi connectivity index (χ0v) is 20.7. The maximum Gasteiger partial charge on any atom is 0.433 e. The fourth-order valence-corrected chi connectivity index (χ4v) is 7.24. The van der Waals surface area contributed by atoms with Crippen molar-refractivity contribution in [3.8, 4) is 10.4 Å². The van der Waals surface area contributed by atoms with E-state index in [0.29, 0.717) is 23.5 Å². The minimum absolute atomic E-state index is 0.0526. The van der Waals surface area contributed by atoms with Crippen LogP contribution in [0.2, 0.25) is 0 Å².